The first kappa shape index (κ1) is 20.7. The molecule has 0 spiro atoms. The van der Waals surface area contributed by atoms with E-state index in [4.69, 9.17) is 0 Å². The third-order valence-corrected chi connectivity index (χ3v) is 3.64. The Morgan fingerprint density at radius 1 is 0.960 bits per heavy atom. The molecular weight excluding hydrogens is 336 g/mol. The van der Waals surface area contributed by atoms with Crippen LogP contribution in [0.25, 0.3) is 0 Å². The normalized spacial score (nSPS) is 10.2. The van der Waals surface area contributed by atoms with Gasteiger partial charge >= 0.3 is 0 Å². The SMILES string of the molecule is CCNCC#CCNC(=O)C(O)(c1ccccc1)c1ccccc1.Cl. The molecule has 0 aliphatic carbocycles. The number of hydrogen-bond donors (Lipinski definition) is 3. The summed E-state index contributed by atoms with van der Waals surface area (Å²) in [4.78, 5) is 12.7. The number of amides is 1. The summed E-state index contributed by atoms with van der Waals surface area (Å²) < 4.78 is 0. The molecule has 0 aromatic heterocycles. The predicted octanol–water partition coefficient (Wildman–Crippen LogP) is 2.07. The fraction of sp³-hybridized carbons (Fsp3) is 0.250. The fourth-order valence-electron chi connectivity index (χ4n) is 2.35. The summed E-state index contributed by atoms with van der Waals surface area (Å²) in [5, 5.41) is 17.0. The van der Waals surface area contributed by atoms with Crippen LogP contribution >= 0.6 is 12.4 Å². The topological polar surface area (TPSA) is 61.4 Å². The average molecular weight is 359 g/mol. The first-order valence-electron chi connectivity index (χ1n) is 7.97. The molecule has 0 saturated heterocycles. The molecule has 0 heterocycles. The first-order valence-corrected chi connectivity index (χ1v) is 7.97. The van der Waals surface area contributed by atoms with Gasteiger partial charge in [0.2, 0.25) is 0 Å². The monoisotopic (exact) mass is 358 g/mol. The van der Waals surface area contributed by atoms with Crippen LogP contribution in [0.15, 0.2) is 60.7 Å². The largest absolute Gasteiger partial charge is 0.372 e. The molecule has 132 valence electrons. The van der Waals surface area contributed by atoms with Gasteiger partial charge in [-0.1, -0.05) is 79.4 Å². The quantitative estimate of drug-likeness (QED) is 0.547. The van der Waals surface area contributed by atoms with Crippen LogP contribution in [0.3, 0.4) is 0 Å². The van der Waals surface area contributed by atoms with Crippen LogP contribution < -0.4 is 10.6 Å². The molecule has 0 aliphatic rings. The smallest absolute Gasteiger partial charge is 0.262 e. The van der Waals surface area contributed by atoms with Gasteiger partial charge in [-0.25, -0.2) is 0 Å². The van der Waals surface area contributed by atoms with Crippen molar-refractivity contribution in [2.24, 2.45) is 0 Å². The molecule has 5 heteroatoms. The number of benzene rings is 2. The van der Waals surface area contributed by atoms with E-state index in [1.165, 1.54) is 0 Å². The van der Waals surface area contributed by atoms with Crippen LogP contribution in [-0.2, 0) is 10.4 Å². The molecule has 0 fully saturated rings. The Balaban J connectivity index is 0.00000312. The van der Waals surface area contributed by atoms with Gasteiger partial charge in [0, 0.05) is 0 Å². The van der Waals surface area contributed by atoms with Gasteiger partial charge in [0.15, 0.2) is 5.60 Å². The van der Waals surface area contributed by atoms with E-state index in [2.05, 4.69) is 22.5 Å². The molecule has 0 bridgehead atoms. The Morgan fingerprint density at radius 2 is 1.44 bits per heavy atom. The Kier molecular flexibility index (Phi) is 8.73. The van der Waals surface area contributed by atoms with Crippen molar-refractivity contribution in [1.29, 1.82) is 0 Å². The highest BCUT2D eigenvalue weighted by atomic mass is 35.5. The van der Waals surface area contributed by atoms with Gasteiger partial charge in [-0.05, 0) is 17.7 Å². The Labute approximate surface area is 155 Å². The van der Waals surface area contributed by atoms with Crippen molar-refractivity contribution >= 4 is 18.3 Å². The van der Waals surface area contributed by atoms with E-state index in [0.29, 0.717) is 17.7 Å². The van der Waals surface area contributed by atoms with Crippen LogP contribution in [0, 0.1) is 11.8 Å². The highest BCUT2D eigenvalue weighted by molar-refractivity contribution is 5.90. The number of nitrogens with one attached hydrogen (secondary N) is 2. The minimum atomic E-state index is -1.74. The van der Waals surface area contributed by atoms with E-state index in [0.717, 1.165) is 6.54 Å². The van der Waals surface area contributed by atoms with Gasteiger partial charge in [-0.15, -0.1) is 12.4 Å². The standard InChI is InChI=1S/C20H22N2O2.ClH/c1-2-21-15-9-10-16-22-19(23)20(24,17-11-5-3-6-12-17)18-13-7-4-8-14-18;/h3-8,11-14,21,24H,2,15-16H2,1H3,(H,22,23);1H. The molecular formula is C20H23ClN2O2. The average Bonchev–Trinajstić information content (AvgIpc) is 2.65. The lowest BCUT2D eigenvalue weighted by Gasteiger charge is -2.27. The van der Waals surface area contributed by atoms with Gasteiger partial charge in [-0.2, -0.15) is 0 Å². The van der Waals surface area contributed by atoms with Crippen LogP contribution in [0.4, 0.5) is 0 Å². The second-order valence-electron chi connectivity index (χ2n) is 5.26. The summed E-state index contributed by atoms with van der Waals surface area (Å²) in [5.74, 6) is 5.30. The van der Waals surface area contributed by atoms with Crippen molar-refractivity contribution < 1.29 is 9.90 Å². The molecule has 25 heavy (non-hydrogen) atoms. The van der Waals surface area contributed by atoms with Crippen LogP contribution in [0.1, 0.15) is 18.1 Å². The van der Waals surface area contributed by atoms with E-state index >= 15 is 0 Å². The van der Waals surface area contributed by atoms with Crippen molar-refractivity contribution in [2.75, 3.05) is 19.6 Å². The van der Waals surface area contributed by atoms with E-state index in [1.807, 2.05) is 19.1 Å². The zero-order chi connectivity index (χ0) is 17.3. The van der Waals surface area contributed by atoms with Gasteiger partial charge in [0.05, 0.1) is 13.1 Å². The lowest BCUT2D eigenvalue weighted by molar-refractivity contribution is -0.136. The second kappa shape index (κ2) is 10.5. The van der Waals surface area contributed by atoms with E-state index < -0.39 is 11.5 Å². The first-order chi connectivity index (χ1) is 11.7. The zero-order valence-electron chi connectivity index (χ0n) is 14.2. The number of carbonyl (C=O) groups is 1. The maximum absolute atomic E-state index is 12.7. The van der Waals surface area contributed by atoms with E-state index in [9.17, 15) is 9.90 Å². The maximum Gasteiger partial charge on any atom is 0.262 e. The maximum atomic E-state index is 12.7. The molecule has 0 radical (unpaired) electrons. The van der Waals surface area contributed by atoms with Crippen LogP contribution in [0.5, 0.6) is 0 Å². The minimum absolute atomic E-state index is 0. The fourth-order valence-corrected chi connectivity index (χ4v) is 2.35. The Morgan fingerprint density at radius 3 is 1.92 bits per heavy atom. The zero-order valence-corrected chi connectivity index (χ0v) is 15.0. The highest BCUT2D eigenvalue weighted by Gasteiger charge is 2.39. The Hall–Kier alpha value is -2.32. The summed E-state index contributed by atoms with van der Waals surface area (Å²) in [7, 11) is 0. The minimum Gasteiger partial charge on any atom is -0.372 e. The van der Waals surface area contributed by atoms with Crippen LogP contribution in [-0.4, -0.2) is 30.6 Å². The summed E-state index contributed by atoms with van der Waals surface area (Å²) in [6.45, 7) is 3.62. The lowest BCUT2D eigenvalue weighted by Crippen LogP contribution is -2.45. The van der Waals surface area contributed by atoms with Crippen molar-refractivity contribution in [2.45, 2.75) is 12.5 Å². The summed E-state index contributed by atoms with van der Waals surface area (Å²) >= 11 is 0. The van der Waals surface area contributed by atoms with E-state index in [1.54, 1.807) is 48.5 Å². The summed E-state index contributed by atoms with van der Waals surface area (Å²) in [6.07, 6.45) is 0. The van der Waals surface area contributed by atoms with Crippen molar-refractivity contribution in [3.63, 3.8) is 0 Å². The number of carbonyl (C=O) groups excluding carboxylic acids is 1. The number of halogens is 1. The van der Waals surface area contributed by atoms with Crippen molar-refractivity contribution in [3.05, 3.63) is 71.8 Å². The summed E-state index contributed by atoms with van der Waals surface area (Å²) in [5.41, 5.74) is -0.699. The molecule has 0 saturated carbocycles. The Bertz CT molecular complexity index is 669. The third kappa shape index (κ3) is 5.33. The molecule has 2 rings (SSSR count). The molecule has 4 nitrogen and oxygen atoms in total. The molecule has 2 aromatic carbocycles. The third-order valence-electron chi connectivity index (χ3n) is 3.64. The number of rotatable bonds is 6. The second-order valence-corrected chi connectivity index (χ2v) is 5.26. The van der Waals surface area contributed by atoms with Gasteiger partial charge < -0.3 is 15.7 Å². The molecule has 1 amide bonds. The molecule has 0 unspecified atom stereocenters. The van der Waals surface area contributed by atoms with Gasteiger partial charge in [-0.3, -0.25) is 4.79 Å². The number of aliphatic hydroxyl groups is 1. The molecule has 3 N–H and O–H groups in total. The highest BCUT2D eigenvalue weighted by Crippen LogP contribution is 2.29. The van der Waals surface area contributed by atoms with Crippen molar-refractivity contribution in [3.8, 4) is 11.8 Å². The summed E-state index contributed by atoms with van der Waals surface area (Å²) in [6, 6.07) is 17.8. The van der Waals surface area contributed by atoms with Gasteiger partial charge in [0.25, 0.3) is 5.91 Å². The number of hydrogen-bond acceptors (Lipinski definition) is 3. The van der Waals surface area contributed by atoms with Crippen molar-refractivity contribution in [1.82, 2.24) is 10.6 Å². The lowest BCUT2D eigenvalue weighted by atomic mass is 9.85. The van der Waals surface area contributed by atoms with Crippen LogP contribution in [0.2, 0.25) is 0 Å². The predicted molar refractivity (Wildman–Crippen MR) is 102 cm³/mol. The molecule has 0 aliphatic heterocycles. The van der Waals surface area contributed by atoms with E-state index in [-0.39, 0.29) is 19.0 Å². The molecule has 2 aromatic rings. The van der Waals surface area contributed by atoms with Gasteiger partial charge in [0.1, 0.15) is 0 Å². The molecule has 0 atom stereocenters.